The summed E-state index contributed by atoms with van der Waals surface area (Å²) in [6.45, 7) is 0.421. The average Bonchev–Trinajstić information content (AvgIpc) is 3.46. The van der Waals surface area contributed by atoms with Gasteiger partial charge < -0.3 is 14.5 Å². The Morgan fingerprint density at radius 1 is 1.00 bits per heavy atom. The van der Waals surface area contributed by atoms with Crippen molar-refractivity contribution in [3.63, 3.8) is 0 Å². The second-order valence-corrected chi connectivity index (χ2v) is 8.59. The Morgan fingerprint density at radius 2 is 1.81 bits per heavy atom. The Kier molecular flexibility index (Phi) is 5.83. The molecular weight excluding hydrogens is 495 g/mol. The van der Waals surface area contributed by atoms with E-state index in [1.807, 2.05) is 23.6 Å². The number of nitrogens with zero attached hydrogens (tertiary/aromatic N) is 3. The molecule has 32 heavy (non-hydrogen) atoms. The number of fused-ring (bicyclic) bond motifs is 1. The Labute approximate surface area is 195 Å². The van der Waals surface area contributed by atoms with Crippen LogP contribution in [0.2, 0.25) is 0 Å². The van der Waals surface area contributed by atoms with Gasteiger partial charge in [0.25, 0.3) is 0 Å². The van der Waals surface area contributed by atoms with Crippen molar-refractivity contribution < 1.29 is 13.9 Å². The first-order valence-electron chi connectivity index (χ1n) is 9.67. The van der Waals surface area contributed by atoms with Gasteiger partial charge in [0.1, 0.15) is 36.4 Å². The summed E-state index contributed by atoms with van der Waals surface area (Å²) in [7, 11) is 0. The summed E-state index contributed by atoms with van der Waals surface area (Å²) in [5.41, 5.74) is 5.24. The molecule has 0 saturated heterocycles. The molecule has 0 saturated carbocycles. The standard InChI is InChI=1S/C23H16BrFN4O2S/c24-16-7-21-23(26-9-16)29-22(28-21)15-5-18(30-10-14-3-1-2-4-20(14)25)8-19(6-15)31-11-17-12-32-13-27-17/h1-9,12-13H,10-11H2,(H,26,28,29). The van der Waals surface area contributed by atoms with Gasteiger partial charge in [-0.1, -0.05) is 18.2 Å². The molecule has 0 spiro atoms. The molecule has 5 aromatic rings. The summed E-state index contributed by atoms with van der Waals surface area (Å²) in [6.07, 6.45) is 1.70. The Balaban J connectivity index is 1.47. The molecule has 6 nitrogen and oxygen atoms in total. The molecule has 2 aromatic carbocycles. The molecular formula is C23H16BrFN4O2S. The lowest BCUT2D eigenvalue weighted by molar-refractivity contribution is 0.285. The number of benzene rings is 2. The lowest BCUT2D eigenvalue weighted by atomic mass is 10.2. The lowest BCUT2D eigenvalue weighted by Crippen LogP contribution is -2.00. The fourth-order valence-electron chi connectivity index (χ4n) is 3.13. The van der Waals surface area contributed by atoms with Crippen LogP contribution in [0.3, 0.4) is 0 Å². The maximum atomic E-state index is 14.0. The van der Waals surface area contributed by atoms with Crippen LogP contribution in [0.25, 0.3) is 22.6 Å². The maximum absolute atomic E-state index is 14.0. The summed E-state index contributed by atoms with van der Waals surface area (Å²) < 4.78 is 26.7. The van der Waals surface area contributed by atoms with Gasteiger partial charge in [0, 0.05) is 33.2 Å². The molecule has 5 rings (SSSR count). The average molecular weight is 511 g/mol. The normalized spacial score (nSPS) is 11.1. The molecule has 3 heterocycles. The van der Waals surface area contributed by atoms with Crippen LogP contribution in [0.15, 0.2) is 70.1 Å². The Bertz CT molecular complexity index is 1370. The van der Waals surface area contributed by atoms with E-state index in [4.69, 9.17) is 9.47 Å². The quantitative estimate of drug-likeness (QED) is 0.284. The highest BCUT2D eigenvalue weighted by molar-refractivity contribution is 9.10. The van der Waals surface area contributed by atoms with Crippen molar-refractivity contribution in [2.45, 2.75) is 13.2 Å². The summed E-state index contributed by atoms with van der Waals surface area (Å²) in [5.74, 6) is 1.44. The van der Waals surface area contributed by atoms with Crippen LogP contribution in [-0.2, 0) is 13.2 Å². The van der Waals surface area contributed by atoms with Gasteiger partial charge in [0.15, 0.2) is 5.65 Å². The number of hydrogen-bond acceptors (Lipinski definition) is 6. The minimum absolute atomic E-state index is 0.0935. The van der Waals surface area contributed by atoms with E-state index in [1.165, 1.54) is 17.4 Å². The zero-order valence-electron chi connectivity index (χ0n) is 16.6. The highest BCUT2D eigenvalue weighted by atomic mass is 79.9. The first kappa shape index (κ1) is 20.6. The SMILES string of the molecule is Fc1ccccc1COc1cc(OCc2cscn2)cc(-c2nc3ncc(Br)cc3[nH]2)c1. The van der Waals surface area contributed by atoms with Crippen molar-refractivity contribution >= 4 is 38.4 Å². The number of ether oxygens (including phenoxy) is 2. The van der Waals surface area contributed by atoms with E-state index in [0.717, 1.165) is 21.2 Å². The number of H-pyrrole nitrogens is 1. The predicted molar refractivity (Wildman–Crippen MR) is 124 cm³/mol. The topological polar surface area (TPSA) is 72.9 Å². The number of nitrogens with one attached hydrogen (secondary N) is 1. The van der Waals surface area contributed by atoms with Crippen LogP contribution in [0.4, 0.5) is 4.39 Å². The number of pyridine rings is 1. The molecule has 0 aliphatic rings. The van der Waals surface area contributed by atoms with Crippen molar-refractivity contribution in [2.75, 3.05) is 0 Å². The van der Waals surface area contributed by atoms with Crippen molar-refractivity contribution in [3.8, 4) is 22.9 Å². The molecule has 0 fully saturated rings. The highest BCUT2D eigenvalue weighted by Crippen LogP contribution is 2.31. The maximum Gasteiger partial charge on any atom is 0.178 e. The summed E-state index contributed by atoms with van der Waals surface area (Å²) >= 11 is 4.93. The van der Waals surface area contributed by atoms with Gasteiger partial charge in [-0.25, -0.2) is 19.3 Å². The fraction of sp³-hybridized carbons (Fsp3) is 0.0870. The Morgan fingerprint density at radius 3 is 2.59 bits per heavy atom. The molecule has 0 aliphatic heterocycles. The van der Waals surface area contributed by atoms with E-state index in [-0.39, 0.29) is 12.4 Å². The summed E-state index contributed by atoms with van der Waals surface area (Å²) in [6, 6.07) is 13.9. The second-order valence-electron chi connectivity index (χ2n) is 6.95. The minimum Gasteiger partial charge on any atom is -0.489 e. The number of aromatic amines is 1. The van der Waals surface area contributed by atoms with E-state index < -0.39 is 0 Å². The van der Waals surface area contributed by atoms with Crippen LogP contribution < -0.4 is 9.47 Å². The van der Waals surface area contributed by atoms with E-state index >= 15 is 0 Å². The van der Waals surface area contributed by atoms with Crippen LogP contribution in [0, 0.1) is 5.82 Å². The zero-order valence-corrected chi connectivity index (χ0v) is 19.0. The van der Waals surface area contributed by atoms with Gasteiger partial charge in [-0.2, -0.15) is 0 Å². The van der Waals surface area contributed by atoms with Crippen LogP contribution in [-0.4, -0.2) is 19.9 Å². The molecule has 160 valence electrons. The molecule has 3 aromatic heterocycles. The summed E-state index contributed by atoms with van der Waals surface area (Å²) in [4.78, 5) is 16.4. The van der Waals surface area contributed by atoms with Gasteiger partial charge in [-0.15, -0.1) is 11.3 Å². The molecule has 1 N–H and O–H groups in total. The fourth-order valence-corrected chi connectivity index (χ4v) is 4.00. The smallest absolute Gasteiger partial charge is 0.178 e. The molecule has 0 radical (unpaired) electrons. The minimum atomic E-state index is -0.308. The van der Waals surface area contributed by atoms with Crippen molar-refractivity contribution in [2.24, 2.45) is 0 Å². The number of aromatic nitrogens is 4. The Hall–Kier alpha value is -3.30. The zero-order chi connectivity index (χ0) is 21.9. The van der Waals surface area contributed by atoms with Gasteiger partial charge in [-0.3, -0.25) is 0 Å². The largest absolute Gasteiger partial charge is 0.489 e. The third-order valence-electron chi connectivity index (χ3n) is 4.68. The molecule has 0 aliphatic carbocycles. The van der Waals surface area contributed by atoms with Gasteiger partial charge in [0.05, 0.1) is 16.7 Å². The molecule has 9 heteroatoms. The molecule has 0 bridgehead atoms. The summed E-state index contributed by atoms with van der Waals surface area (Å²) in [5, 5.41) is 1.93. The van der Waals surface area contributed by atoms with Gasteiger partial charge in [0.2, 0.25) is 0 Å². The first-order chi connectivity index (χ1) is 15.6. The van der Waals surface area contributed by atoms with E-state index in [0.29, 0.717) is 35.1 Å². The van der Waals surface area contributed by atoms with Crippen LogP contribution >= 0.6 is 27.3 Å². The second kappa shape index (κ2) is 9.05. The van der Waals surface area contributed by atoms with E-state index in [1.54, 1.807) is 36.0 Å². The van der Waals surface area contributed by atoms with Crippen molar-refractivity contribution in [1.29, 1.82) is 0 Å². The first-order valence-corrected chi connectivity index (χ1v) is 11.4. The molecule has 0 amide bonds. The number of halogens is 2. The number of rotatable bonds is 7. The van der Waals surface area contributed by atoms with E-state index in [2.05, 4.69) is 35.9 Å². The van der Waals surface area contributed by atoms with Crippen LogP contribution in [0.1, 0.15) is 11.3 Å². The predicted octanol–water partition coefficient (Wildman–Crippen LogP) is 6.14. The van der Waals surface area contributed by atoms with Crippen LogP contribution in [0.5, 0.6) is 11.5 Å². The third-order valence-corrected chi connectivity index (χ3v) is 5.75. The van der Waals surface area contributed by atoms with Crippen molar-refractivity contribution in [1.82, 2.24) is 19.9 Å². The molecule has 0 unspecified atom stereocenters. The van der Waals surface area contributed by atoms with Gasteiger partial charge in [-0.05, 0) is 40.2 Å². The highest BCUT2D eigenvalue weighted by Gasteiger charge is 2.12. The number of thiazole rings is 1. The van der Waals surface area contributed by atoms with Crippen molar-refractivity contribution in [3.05, 3.63) is 87.2 Å². The number of hydrogen-bond donors (Lipinski definition) is 1. The van der Waals surface area contributed by atoms with Gasteiger partial charge >= 0.3 is 0 Å². The number of imidazole rings is 1. The van der Waals surface area contributed by atoms with E-state index in [9.17, 15) is 4.39 Å². The molecule has 0 atom stereocenters. The third kappa shape index (κ3) is 4.63. The monoisotopic (exact) mass is 510 g/mol. The lowest BCUT2D eigenvalue weighted by Gasteiger charge is -2.12.